The number of aryl methyl sites for hydroxylation is 1. The summed E-state index contributed by atoms with van der Waals surface area (Å²) in [6.07, 6.45) is 1.31. The van der Waals surface area contributed by atoms with Crippen molar-refractivity contribution in [1.29, 1.82) is 0 Å². The van der Waals surface area contributed by atoms with Gasteiger partial charge in [0.25, 0.3) is 0 Å². The highest BCUT2D eigenvalue weighted by Crippen LogP contribution is 2.20. The van der Waals surface area contributed by atoms with Gasteiger partial charge in [0.1, 0.15) is 12.4 Å². The van der Waals surface area contributed by atoms with Crippen LogP contribution in [0, 0.1) is 0 Å². The van der Waals surface area contributed by atoms with E-state index in [4.69, 9.17) is 9.47 Å². The van der Waals surface area contributed by atoms with Crippen LogP contribution in [-0.2, 0) is 32.4 Å². The Hall–Kier alpha value is -2.42. The van der Waals surface area contributed by atoms with Crippen molar-refractivity contribution in [3.8, 4) is 5.75 Å². The van der Waals surface area contributed by atoms with Crippen LogP contribution in [0.5, 0.6) is 5.75 Å². The third-order valence-electron chi connectivity index (χ3n) is 4.92. The number of hydrogen-bond acceptors (Lipinski definition) is 5. The van der Waals surface area contributed by atoms with Crippen LogP contribution in [0.2, 0.25) is 0 Å². The summed E-state index contributed by atoms with van der Waals surface area (Å²) >= 11 is 0. The number of sulfonamides is 1. The first-order valence-corrected chi connectivity index (χ1v) is 11.6. The number of rotatable bonds is 9. The summed E-state index contributed by atoms with van der Waals surface area (Å²) in [7, 11) is -3.51. The predicted molar refractivity (Wildman–Crippen MR) is 114 cm³/mol. The SMILES string of the molecule is CCc1ccc(CC(=O)NCCOc2ccc(S(=O)(=O)N3CCOCC3)cc2)cc1. The van der Waals surface area contributed by atoms with Crippen LogP contribution in [0.4, 0.5) is 0 Å². The van der Waals surface area contributed by atoms with E-state index in [9.17, 15) is 13.2 Å². The Morgan fingerprint density at radius 3 is 2.30 bits per heavy atom. The van der Waals surface area contributed by atoms with E-state index in [2.05, 4.69) is 12.2 Å². The van der Waals surface area contributed by atoms with Crippen molar-refractivity contribution >= 4 is 15.9 Å². The molecule has 1 aliphatic rings. The van der Waals surface area contributed by atoms with Crippen molar-refractivity contribution < 1.29 is 22.7 Å². The van der Waals surface area contributed by atoms with E-state index in [-0.39, 0.29) is 10.8 Å². The number of ether oxygens (including phenoxy) is 2. The second-order valence-corrected chi connectivity index (χ2v) is 8.97. The summed E-state index contributed by atoms with van der Waals surface area (Å²) < 4.78 is 37.4. The fourth-order valence-corrected chi connectivity index (χ4v) is 4.55. The van der Waals surface area contributed by atoms with E-state index in [0.717, 1.165) is 12.0 Å². The molecule has 2 aromatic carbocycles. The Kier molecular flexibility index (Phi) is 7.84. The molecule has 7 nitrogen and oxygen atoms in total. The minimum Gasteiger partial charge on any atom is -0.492 e. The predicted octanol–water partition coefficient (Wildman–Crippen LogP) is 2.01. The highest BCUT2D eigenvalue weighted by Gasteiger charge is 2.26. The van der Waals surface area contributed by atoms with E-state index >= 15 is 0 Å². The van der Waals surface area contributed by atoms with E-state index in [1.807, 2.05) is 24.3 Å². The molecule has 1 aliphatic heterocycles. The number of amides is 1. The lowest BCUT2D eigenvalue weighted by molar-refractivity contribution is -0.120. The van der Waals surface area contributed by atoms with Crippen LogP contribution in [0.15, 0.2) is 53.4 Å². The lowest BCUT2D eigenvalue weighted by Crippen LogP contribution is -2.40. The van der Waals surface area contributed by atoms with Crippen LogP contribution >= 0.6 is 0 Å². The number of nitrogens with one attached hydrogen (secondary N) is 1. The van der Waals surface area contributed by atoms with Gasteiger partial charge in [0, 0.05) is 13.1 Å². The third kappa shape index (κ3) is 6.04. The summed E-state index contributed by atoms with van der Waals surface area (Å²) in [5, 5.41) is 2.83. The van der Waals surface area contributed by atoms with Gasteiger partial charge in [-0.3, -0.25) is 4.79 Å². The van der Waals surface area contributed by atoms with Crippen molar-refractivity contribution in [2.24, 2.45) is 0 Å². The van der Waals surface area contributed by atoms with Crippen LogP contribution in [0.3, 0.4) is 0 Å². The molecule has 162 valence electrons. The molecule has 0 saturated carbocycles. The normalized spacial score (nSPS) is 15.0. The molecule has 0 radical (unpaired) electrons. The monoisotopic (exact) mass is 432 g/mol. The largest absolute Gasteiger partial charge is 0.492 e. The topological polar surface area (TPSA) is 84.9 Å². The van der Waals surface area contributed by atoms with E-state index in [1.54, 1.807) is 24.3 Å². The minimum atomic E-state index is -3.51. The Bertz CT molecular complexity index is 921. The van der Waals surface area contributed by atoms with Crippen molar-refractivity contribution in [3.05, 3.63) is 59.7 Å². The maximum Gasteiger partial charge on any atom is 0.243 e. The Morgan fingerprint density at radius 2 is 1.67 bits per heavy atom. The van der Waals surface area contributed by atoms with Crippen molar-refractivity contribution in [2.45, 2.75) is 24.7 Å². The molecule has 1 saturated heterocycles. The van der Waals surface area contributed by atoms with Gasteiger partial charge in [-0.25, -0.2) is 8.42 Å². The molecule has 0 atom stereocenters. The summed E-state index contributed by atoms with van der Waals surface area (Å²) in [6, 6.07) is 14.4. The molecule has 0 spiro atoms. The summed E-state index contributed by atoms with van der Waals surface area (Å²) in [4.78, 5) is 12.3. The average Bonchev–Trinajstić information content (AvgIpc) is 2.78. The van der Waals surface area contributed by atoms with Crippen LogP contribution in [0.25, 0.3) is 0 Å². The second kappa shape index (κ2) is 10.6. The summed E-state index contributed by atoms with van der Waals surface area (Å²) in [6.45, 7) is 4.33. The zero-order valence-electron chi connectivity index (χ0n) is 17.2. The molecule has 30 heavy (non-hydrogen) atoms. The van der Waals surface area contributed by atoms with Crippen molar-refractivity contribution in [3.63, 3.8) is 0 Å². The Balaban J connectivity index is 1.42. The molecule has 8 heteroatoms. The Labute approximate surface area is 178 Å². The minimum absolute atomic E-state index is 0.0604. The van der Waals surface area contributed by atoms with Gasteiger partial charge in [-0.15, -0.1) is 0 Å². The van der Waals surface area contributed by atoms with Gasteiger partial charge in [-0.05, 0) is 41.8 Å². The standard InChI is InChI=1S/C22H28N2O5S/c1-2-18-3-5-19(6-4-18)17-22(25)23-11-14-29-20-7-9-21(10-8-20)30(26,27)24-12-15-28-16-13-24/h3-10H,2,11-17H2,1H3,(H,23,25). The average molecular weight is 433 g/mol. The lowest BCUT2D eigenvalue weighted by atomic mass is 10.1. The molecule has 0 unspecified atom stereocenters. The fourth-order valence-electron chi connectivity index (χ4n) is 3.14. The van der Waals surface area contributed by atoms with Crippen molar-refractivity contribution in [2.75, 3.05) is 39.5 Å². The van der Waals surface area contributed by atoms with E-state index in [0.29, 0.717) is 51.6 Å². The van der Waals surface area contributed by atoms with Gasteiger partial charge in [0.05, 0.1) is 31.1 Å². The van der Waals surface area contributed by atoms with Crippen LogP contribution in [0.1, 0.15) is 18.1 Å². The number of morpholine rings is 1. The molecule has 0 aliphatic carbocycles. The first-order valence-electron chi connectivity index (χ1n) is 10.1. The summed E-state index contributed by atoms with van der Waals surface area (Å²) in [5.74, 6) is 0.495. The lowest BCUT2D eigenvalue weighted by Gasteiger charge is -2.26. The van der Waals surface area contributed by atoms with Crippen molar-refractivity contribution in [1.82, 2.24) is 9.62 Å². The zero-order chi connectivity index (χ0) is 21.4. The molecular formula is C22H28N2O5S. The molecule has 1 amide bonds. The molecule has 1 fully saturated rings. The molecule has 0 aromatic heterocycles. The van der Waals surface area contributed by atoms with E-state index in [1.165, 1.54) is 9.87 Å². The molecule has 1 N–H and O–H groups in total. The maximum absolute atomic E-state index is 12.6. The van der Waals surface area contributed by atoms with Gasteiger partial charge in [-0.2, -0.15) is 4.31 Å². The molecule has 1 heterocycles. The quantitative estimate of drug-likeness (QED) is 0.613. The number of hydrogen-bond donors (Lipinski definition) is 1. The van der Waals surface area contributed by atoms with Gasteiger partial charge < -0.3 is 14.8 Å². The van der Waals surface area contributed by atoms with Gasteiger partial charge in [0.2, 0.25) is 15.9 Å². The second-order valence-electron chi connectivity index (χ2n) is 7.03. The molecule has 0 bridgehead atoms. The first kappa shape index (κ1) is 22.3. The highest BCUT2D eigenvalue weighted by atomic mass is 32.2. The smallest absolute Gasteiger partial charge is 0.243 e. The Morgan fingerprint density at radius 1 is 1.03 bits per heavy atom. The van der Waals surface area contributed by atoms with Gasteiger partial charge in [0.15, 0.2) is 0 Å². The van der Waals surface area contributed by atoms with Gasteiger partial charge in [-0.1, -0.05) is 31.2 Å². The van der Waals surface area contributed by atoms with E-state index < -0.39 is 10.0 Å². The zero-order valence-corrected chi connectivity index (χ0v) is 18.0. The summed E-state index contributed by atoms with van der Waals surface area (Å²) in [5.41, 5.74) is 2.22. The third-order valence-corrected chi connectivity index (χ3v) is 6.83. The number of carbonyl (C=O) groups is 1. The number of nitrogens with zero attached hydrogens (tertiary/aromatic N) is 1. The first-order chi connectivity index (χ1) is 14.5. The fraction of sp³-hybridized carbons (Fsp3) is 0.409. The molecular weight excluding hydrogens is 404 g/mol. The van der Waals surface area contributed by atoms with Gasteiger partial charge >= 0.3 is 0 Å². The number of carbonyl (C=O) groups excluding carboxylic acids is 1. The van der Waals surface area contributed by atoms with Crippen LogP contribution in [-0.4, -0.2) is 58.1 Å². The molecule has 2 aromatic rings. The highest BCUT2D eigenvalue weighted by molar-refractivity contribution is 7.89. The molecule has 3 rings (SSSR count). The number of benzene rings is 2. The maximum atomic E-state index is 12.6. The van der Waals surface area contributed by atoms with Crippen LogP contribution < -0.4 is 10.1 Å².